The van der Waals surface area contributed by atoms with Gasteiger partial charge in [-0.3, -0.25) is 0 Å². The van der Waals surface area contributed by atoms with E-state index in [1.807, 2.05) is 42.0 Å². The number of nitrogens with zero attached hydrogens (tertiary/aromatic N) is 6. The first-order chi connectivity index (χ1) is 12.3. The molecule has 25 heavy (non-hydrogen) atoms. The number of urea groups is 1. The van der Waals surface area contributed by atoms with Crippen molar-refractivity contribution in [1.29, 1.82) is 0 Å². The van der Waals surface area contributed by atoms with Gasteiger partial charge in [-0.15, -0.1) is 5.10 Å². The maximum Gasteiger partial charge on any atom is 0.319 e. The van der Waals surface area contributed by atoms with E-state index >= 15 is 0 Å². The number of nitrogens with one attached hydrogen (secondary N) is 2. The minimum absolute atomic E-state index is 0.238. The Hall–Kier alpha value is -3.23. The Morgan fingerprint density at radius 3 is 3.04 bits per heavy atom. The predicted octanol–water partition coefficient (Wildman–Crippen LogP) is 1.77. The van der Waals surface area contributed by atoms with Crippen LogP contribution in [-0.4, -0.2) is 42.3 Å². The van der Waals surface area contributed by atoms with Crippen LogP contribution in [0.1, 0.15) is 13.3 Å². The number of hydrogen-bond acceptors (Lipinski definition) is 5. The average Bonchev–Trinajstić information content (AvgIpc) is 3.30. The molecular weight excluding hydrogens is 320 g/mol. The van der Waals surface area contributed by atoms with Gasteiger partial charge in [0.15, 0.2) is 5.82 Å². The molecule has 1 aromatic carbocycles. The second-order valence-corrected chi connectivity index (χ2v) is 5.43. The van der Waals surface area contributed by atoms with Gasteiger partial charge in [-0.25, -0.2) is 14.5 Å². The molecule has 2 heterocycles. The first kappa shape index (κ1) is 16.6. The summed E-state index contributed by atoms with van der Waals surface area (Å²) in [7, 11) is 0. The molecule has 3 aromatic rings. The molecule has 0 radical (unpaired) electrons. The van der Waals surface area contributed by atoms with Gasteiger partial charge >= 0.3 is 6.03 Å². The smallest absolute Gasteiger partial charge is 0.319 e. The van der Waals surface area contributed by atoms with Crippen molar-refractivity contribution in [3.8, 4) is 11.4 Å². The van der Waals surface area contributed by atoms with E-state index in [0.717, 1.165) is 18.5 Å². The summed E-state index contributed by atoms with van der Waals surface area (Å²) in [6.45, 7) is 4.05. The lowest BCUT2D eigenvalue weighted by molar-refractivity contribution is 0.252. The number of rotatable bonds is 7. The number of hydrogen-bond donors (Lipinski definition) is 2. The van der Waals surface area contributed by atoms with E-state index in [1.165, 1.54) is 0 Å². The maximum absolute atomic E-state index is 12.0. The molecule has 9 heteroatoms. The minimum atomic E-state index is -0.238. The van der Waals surface area contributed by atoms with Crippen molar-refractivity contribution < 1.29 is 4.79 Å². The third kappa shape index (κ3) is 4.40. The van der Waals surface area contributed by atoms with Gasteiger partial charge in [0, 0.05) is 43.3 Å². The first-order valence-electron chi connectivity index (χ1n) is 8.13. The van der Waals surface area contributed by atoms with Crippen LogP contribution in [0, 0.1) is 0 Å². The van der Waals surface area contributed by atoms with Crippen molar-refractivity contribution in [3.05, 3.63) is 43.0 Å². The summed E-state index contributed by atoms with van der Waals surface area (Å²) >= 11 is 0. The fourth-order valence-corrected chi connectivity index (χ4v) is 2.42. The first-order valence-corrected chi connectivity index (χ1v) is 8.13. The Kier molecular flexibility index (Phi) is 5.35. The molecule has 0 saturated heterocycles. The molecule has 2 amide bonds. The van der Waals surface area contributed by atoms with Crippen LogP contribution in [0.5, 0.6) is 0 Å². The molecule has 2 N–H and O–H groups in total. The second-order valence-electron chi connectivity index (χ2n) is 5.43. The minimum Gasteiger partial charge on any atom is -0.338 e. The molecule has 0 spiro atoms. The van der Waals surface area contributed by atoms with Gasteiger partial charge in [0.25, 0.3) is 0 Å². The van der Waals surface area contributed by atoms with E-state index in [-0.39, 0.29) is 6.03 Å². The molecule has 0 unspecified atom stereocenters. The molecule has 0 aliphatic rings. The largest absolute Gasteiger partial charge is 0.338 e. The normalized spacial score (nSPS) is 10.6. The van der Waals surface area contributed by atoms with Gasteiger partial charge in [-0.1, -0.05) is 12.1 Å². The lowest BCUT2D eigenvalue weighted by Crippen LogP contribution is -2.30. The molecule has 3 rings (SSSR count). The van der Waals surface area contributed by atoms with Crippen LogP contribution in [0.2, 0.25) is 0 Å². The van der Waals surface area contributed by atoms with Gasteiger partial charge in [-0.05, 0) is 35.9 Å². The fraction of sp³-hybridized carbons (Fsp3) is 0.312. The Morgan fingerprint density at radius 2 is 2.24 bits per heavy atom. The highest BCUT2D eigenvalue weighted by Crippen LogP contribution is 2.19. The van der Waals surface area contributed by atoms with E-state index in [0.29, 0.717) is 24.6 Å². The van der Waals surface area contributed by atoms with Crippen LogP contribution in [-0.2, 0) is 13.1 Å². The molecule has 0 bridgehead atoms. The number of aromatic nitrogens is 6. The molecule has 130 valence electrons. The van der Waals surface area contributed by atoms with Gasteiger partial charge in [0.1, 0.15) is 0 Å². The number of amides is 2. The zero-order valence-electron chi connectivity index (χ0n) is 14.0. The van der Waals surface area contributed by atoms with Gasteiger partial charge in [0.2, 0.25) is 0 Å². The second kappa shape index (κ2) is 8.04. The Bertz CT molecular complexity index is 811. The summed E-state index contributed by atoms with van der Waals surface area (Å²) in [5.41, 5.74) is 1.54. The third-order valence-electron chi connectivity index (χ3n) is 3.65. The summed E-state index contributed by atoms with van der Waals surface area (Å²) in [6, 6.07) is 7.21. The number of carbonyl (C=O) groups excluding carboxylic acids is 1. The molecular formula is C16H20N8O. The van der Waals surface area contributed by atoms with Crippen molar-refractivity contribution in [2.45, 2.75) is 26.4 Å². The van der Waals surface area contributed by atoms with E-state index in [4.69, 9.17) is 0 Å². The molecule has 2 aromatic heterocycles. The van der Waals surface area contributed by atoms with Crippen LogP contribution in [0.15, 0.2) is 43.0 Å². The van der Waals surface area contributed by atoms with E-state index in [1.54, 1.807) is 17.2 Å². The number of tetrazole rings is 1. The number of imidazole rings is 1. The van der Waals surface area contributed by atoms with Crippen LogP contribution in [0.4, 0.5) is 10.5 Å². The number of aryl methyl sites for hydroxylation is 2. The van der Waals surface area contributed by atoms with Crippen molar-refractivity contribution in [2.24, 2.45) is 0 Å². The summed E-state index contributed by atoms with van der Waals surface area (Å²) in [6.07, 6.45) is 6.22. The quantitative estimate of drug-likeness (QED) is 0.638. The zero-order valence-corrected chi connectivity index (χ0v) is 14.0. The third-order valence-corrected chi connectivity index (χ3v) is 3.65. The Balaban J connectivity index is 1.52. The fourth-order valence-electron chi connectivity index (χ4n) is 2.42. The Morgan fingerprint density at radius 1 is 1.32 bits per heavy atom. The SMILES string of the molecule is CCn1nnnc1-c1cccc(NC(=O)NCCCn2ccnc2)c1. The monoisotopic (exact) mass is 340 g/mol. The van der Waals surface area contributed by atoms with Crippen LogP contribution >= 0.6 is 0 Å². The standard InChI is InChI=1S/C16H20N8O/c1-2-24-15(20-21-22-24)13-5-3-6-14(11-13)19-16(25)18-7-4-9-23-10-8-17-12-23/h3,5-6,8,10-12H,2,4,7,9H2,1H3,(H2,18,19,25). The predicted molar refractivity (Wildman–Crippen MR) is 92.8 cm³/mol. The molecule has 9 nitrogen and oxygen atoms in total. The molecule has 0 saturated carbocycles. The Labute approximate surface area is 145 Å². The lowest BCUT2D eigenvalue weighted by Gasteiger charge is -2.09. The molecule has 0 aliphatic heterocycles. The van der Waals surface area contributed by atoms with Crippen molar-refractivity contribution >= 4 is 11.7 Å². The zero-order chi connectivity index (χ0) is 17.5. The van der Waals surface area contributed by atoms with E-state index in [9.17, 15) is 4.79 Å². The lowest BCUT2D eigenvalue weighted by atomic mass is 10.2. The van der Waals surface area contributed by atoms with Gasteiger partial charge in [0.05, 0.1) is 6.33 Å². The topological polar surface area (TPSA) is 103 Å². The van der Waals surface area contributed by atoms with Crippen molar-refractivity contribution in [1.82, 2.24) is 35.1 Å². The average molecular weight is 340 g/mol. The van der Waals surface area contributed by atoms with Gasteiger partial charge < -0.3 is 15.2 Å². The van der Waals surface area contributed by atoms with Crippen molar-refractivity contribution in [2.75, 3.05) is 11.9 Å². The molecule has 0 atom stereocenters. The summed E-state index contributed by atoms with van der Waals surface area (Å²) in [4.78, 5) is 16.0. The number of carbonyl (C=O) groups is 1. The van der Waals surface area contributed by atoms with Crippen molar-refractivity contribution in [3.63, 3.8) is 0 Å². The molecule has 0 fully saturated rings. The maximum atomic E-state index is 12.0. The van der Waals surface area contributed by atoms with E-state index in [2.05, 4.69) is 31.1 Å². The highest BCUT2D eigenvalue weighted by molar-refractivity contribution is 5.89. The van der Waals surface area contributed by atoms with Crippen LogP contribution in [0.25, 0.3) is 11.4 Å². The van der Waals surface area contributed by atoms with Crippen LogP contribution < -0.4 is 10.6 Å². The number of benzene rings is 1. The summed E-state index contributed by atoms with van der Waals surface area (Å²) in [5, 5.41) is 17.3. The number of anilines is 1. The van der Waals surface area contributed by atoms with E-state index < -0.39 is 0 Å². The summed E-state index contributed by atoms with van der Waals surface area (Å²) in [5.74, 6) is 0.673. The van der Waals surface area contributed by atoms with Gasteiger partial charge in [-0.2, -0.15) is 0 Å². The highest BCUT2D eigenvalue weighted by atomic mass is 16.2. The molecule has 0 aliphatic carbocycles. The summed E-state index contributed by atoms with van der Waals surface area (Å²) < 4.78 is 3.68. The highest BCUT2D eigenvalue weighted by Gasteiger charge is 2.09. The van der Waals surface area contributed by atoms with Crippen LogP contribution in [0.3, 0.4) is 0 Å².